The van der Waals surface area contributed by atoms with Crippen molar-refractivity contribution in [3.05, 3.63) is 78.0 Å². The summed E-state index contributed by atoms with van der Waals surface area (Å²) in [5.41, 5.74) is 6.42. The molecule has 11 nitrogen and oxygen atoms in total. The minimum Gasteiger partial charge on any atom is -0.505 e. The summed E-state index contributed by atoms with van der Waals surface area (Å²) in [5, 5.41) is 19.3. The molecule has 0 saturated carbocycles. The SMILES string of the molecule is NN(/C=C(\[NH3+])CNS(=O)(=O)c1ccc(-c2ccccn2)s1)[C@@H](Cc1ccc(O)c(F)c1)C(=O)NO. The van der Waals surface area contributed by atoms with Crippen LogP contribution >= 0.6 is 11.3 Å². The number of nitrogens with one attached hydrogen (secondary N) is 2. The summed E-state index contributed by atoms with van der Waals surface area (Å²) in [6.45, 7) is -0.214. The van der Waals surface area contributed by atoms with Gasteiger partial charge < -0.3 is 10.8 Å². The van der Waals surface area contributed by atoms with E-state index in [-0.39, 0.29) is 22.9 Å². The van der Waals surface area contributed by atoms with Gasteiger partial charge in [0.25, 0.3) is 15.9 Å². The molecular formula is C21H24FN6O5S2+. The number of hydroxylamine groups is 1. The van der Waals surface area contributed by atoms with Crippen LogP contribution in [0.25, 0.3) is 10.6 Å². The number of rotatable bonds is 10. The highest BCUT2D eigenvalue weighted by molar-refractivity contribution is 7.91. The molecule has 0 fully saturated rings. The number of phenolic OH excluding ortho intramolecular Hbond substituents is 1. The average Bonchev–Trinajstić information content (AvgIpc) is 3.35. The number of nitrogens with two attached hydrogens (primary N) is 1. The second kappa shape index (κ2) is 11.4. The number of hydrazine groups is 1. The zero-order chi connectivity index (χ0) is 25.6. The lowest BCUT2D eigenvalue weighted by Crippen LogP contribution is -2.55. The van der Waals surface area contributed by atoms with E-state index in [4.69, 9.17) is 11.0 Å². The van der Waals surface area contributed by atoms with Gasteiger partial charge in [-0.25, -0.2) is 28.9 Å². The number of thiophene rings is 1. The highest BCUT2D eigenvalue weighted by Crippen LogP contribution is 2.29. The summed E-state index contributed by atoms with van der Waals surface area (Å²) < 4.78 is 41.5. The highest BCUT2D eigenvalue weighted by Gasteiger charge is 2.24. The predicted molar refractivity (Wildman–Crippen MR) is 125 cm³/mol. The zero-order valence-electron chi connectivity index (χ0n) is 18.3. The lowest BCUT2D eigenvalue weighted by molar-refractivity contribution is -0.305. The van der Waals surface area contributed by atoms with Gasteiger partial charge in [0.05, 0.1) is 23.3 Å². The fourth-order valence-corrected chi connectivity index (χ4v) is 5.39. The maximum Gasteiger partial charge on any atom is 0.267 e. The number of halogens is 1. The number of pyridine rings is 1. The average molecular weight is 524 g/mol. The second-order valence-electron chi connectivity index (χ2n) is 7.37. The largest absolute Gasteiger partial charge is 0.505 e. The number of carbonyl (C=O) groups excluding carboxylic acids is 1. The molecule has 2 heterocycles. The fraction of sp³-hybridized carbons (Fsp3) is 0.143. The van der Waals surface area contributed by atoms with Crippen molar-refractivity contribution in [3.8, 4) is 16.3 Å². The molecule has 35 heavy (non-hydrogen) atoms. The quantitative estimate of drug-likeness (QED) is 0.124. The van der Waals surface area contributed by atoms with Gasteiger partial charge in [-0.05, 0) is 42.0 Å². The number of hydrogen-bond acceptors (Lipinski definition) is 9. The van der Waals surface area contributed by atoms with Crippen molar-refractivity contribution in [2.24, 2.45) is 5.84 Å². The third-order valence-corrected chi connectivity index (χ3v) is 7.80. The first-order chi connectivity index (χ1) is 16.6. The third-order valence-electron chi connectivity index (χ3n) is 4.80. The Kier molecular flexibility index (Phi) is 8.50. The molecule has 0 radical (unpaired) electrons. The number of nitrogens with zero attached hydrogens (tertiary/aromatic N) is 2. The molecular weight excluding hydrogens is 499 g/mol. The lowest BCUT2D eigenvalue weighted by Gasteiger charge is -2.24. The summed E-state index contributed by atoms with van der Waals surface area (Å²) in [4.78, 5) is 17.0. The molecule has 0 saturated heterocycles. The smallest absolute Gasteiger partial charge is 0.267 e. The Bertz CT molecular complexity index is 1320. The first-order valence-corrected chi connectivity index (χ1v) is 12.4. The van der Waals surface area contributed by atoms with Crippen molar-refractivity contribution in [2.75, 3.05) is 6.54 Å². The molecule has 186 valence electrons. The standard InChI is InChI=1S/C21H23FN6O5S2/c22-15-9-13(4-5-18(15)29)10-17(21(30)27-31)28(24)12-14(23)11-26-35(32,33)20-7-6-19(34-20)16-3-1-2-8-25-16/h1-9,12,17,26,29,31H,10-11,23-24H2,(H,27,30)/p+1/b14-12-/t17-/m0/s1. The highest BCUT2D eigenvalue weighted by atomic mass is 32.2. The number of aromatic nitrogens is 1. The number of phenols is 1. The Hall–Kier alpha value is -3.40. The molecule has 0 bridgehead atoms. The monoisotopic (exact) mass is 523 g/mol. The van der Waals surface area contributed by atoms with Gasteiger partial charge in [-0.15, -0.1) is 11.3 Å². The summed E-state index contributed by atoms with van der Waals surface area (Å²) >= 11 is 1.06. The summed E-state index contributed by atoms with van der Waals surface area (Å²) in [6.07, 6.45) is 2.72. The van der Waals surface area contributed by atoms with Crippen molar-refractivity contribution in [3.63, 3.8) is 0 Å². The molecule has 0 aliphatic rings. The van der Waals surface area contributed by atoms with Crippen LogP contribution in [0.2, 0.25) is 0 Å². The van der Waals surface area contributed by atoms with E-state index >= 15 is 0 Å². The zero-order valence-corrected chi connectivity index (χ0v) is 19.9. The van der Waals surface area contributed by atoms with Crippen LogP contribution in [-0.2, 0) is 21.2 Å². The van der Waals surface area contributed by atoms with Gasteiger partial charge in [-0.3, -0.25) is 20.0 Å². The molecule has 2 aromatic heterocycles. The number of quaternary nitrogens is 1. The van der Waals surface area contributed by atoms with Crippen LogP contribution in [-0.4, -0.2) is 47.2 Å². The minimum atomic E-state index is -3.86. The summed E-state index contributed by atoms with van der Waals surface area (Å²) in [5.74, 6) is 3.64. The normalized spacial score (nSPS) is 12.9. The Balaban J connectivity index is 1.68. The number of aromatic hydroxyl groups is 1. The van der Waals surface area contributed by atoms with E-state index in [0.29, 0.717) is 16.1 Å². The molecule has 1 atom stereocenters. The molecule has 1 amide bonds. The predicted octanol–water partition coefficient (Wildman–Crippen LogP) is 0.309. The molecule has 0 spiro atoms. The van der Waals surface area contributed by atoms with E-state index in [1.165, 1.54) is 23.8 Å². The van der Waals surface area contributed by atoms with Gasteiger partial charge in [0.1, 0.15) is 15.9 Å². The van der Waals surface area contributed by atoms with E-state index < -0.39 is 33.5 Å². The number of amides is 1. The molecule has 0 unspecified atom stereocenters. The molecule has 3 rings (SSSR count). The minimum absolute atomic E-state index is 0.0856. The van der Waals surface area contributed by atoms with Crippen LogP contribution in [0.4, 0.5) is 4.39 Å². The van der Waals surface area contributed by atoms with Gasteiger partial charge in [0.15, 0.2) is 11.6 Å². The Labute approximate surface area is 204 Å². The van der Waals surface area contributed by atoms with Crippen molar-refractivity contribution in [1.82, 2.24) is 20.2 Å². The number of hydrogen-bond donors (Lipinski definition) is 6. The van der Waals surface area contributed by atoms with Crippen LogP contribution in [0, 0.1) is 5.82 Å². The van der Waals surface area contributed by atoms with Crippen LogP contribution in [0.15, 0.2) is 70.8 Å². The fourth-order valence-electron chi connectivity index (χ4n) is 3.02. The van der Waals surface area contributed by atoms with Crippen LogP contribution in [0.1, 0.15) is 5.56 Å². The van der Waals surface area contributed by atoms with Gasteiger partial charge in [0, 0.05) is 12.6 Å². The first-order valence-electron chi connectivity index (χ1n) is 10.1. The van der Waals surface area contributed by atoms with Crippen molar-refractivity contribution >= 4 is 27.3 Å². The Morgan fingerprint density at radius 1 is 1.29 bits per heavy atom. The van der Waals surface area contributed by atoms with E-state index in [1.54, 1.807) is 30.5 Å². The van der Waals surface area contributed by atoms with Gasteiger partial charge in [-0.2, -0.15) is 0 Å². The Morgan fingerprint density at radius 2 is 2.06 bits per heavy atom. The molecule has 14 heteroatoms. The number of benzene rings is 1. The van der Waals surface area contributed by atoms with E-state index in [9.17, 15) is 22.7 Å². The van der Waals surface area contributed by atoms with Gasteiger partial charge in [0.2, 0.25) is 0 Å². The molecule has 3 aromatic rings. The molecule has 0 aliphatic carbocycles. The molecule has 0 aliphatic heterocycles. The topological polar surface area (TPSA) is 186 Å². The first kappa shape index (κ1) is 26.2. The maximum atomic E-state index is 13.6. The summed E-state index contributed by atoms with van der Waals surface area (Å²) in [6, 6.07) is 10.8. The number of carbonyl (C=O) groups is 1. The number of sulfonamides is 1. The summed E-state index contributed by atoms with van der Waals surface area (Å²) in [7, 11) is -3.86. The van der Waals surface area contributed by atoms with Crippen LogP contribution in [0.5, 0.6) is 5.75 Å². The van der Waals surface area contributed by atoms with Crippen LogP contribution < -0.4 is 21.8 Å². The van der Waals surface area contributed by atoms with Crippen molar-refractivity contribution in [2.45, 2.75) is 16.7 Å². The lowest BCUT2D eigenvalue weighted by atomic mass is 10.0. The van der Waals surface area contributed by atoms with Crippen LogP contribution in [0.3, 0.4) is 0 Å². The molecule has 9 N–H and O–H groups in total. The Morgan fingerprint density at radius 3 is 2.71 bits per heavy atom. The molecule has 1 aromatic carbocycles. The maximum absolute atomic E-state index is 13.6. The van der Waals surface area contributed by atoms with E-state index in [0.717, 1.165) is 28.5 Å². The van der Waals surface area contributed by atoms with Gasteiger partial charge >= 0.3 is 0 Å². The van der Waals surface area contributed by atoms with E-state index in [2.05, 4.69) is 15.4 Å². The third kappa shape index (κ3) is 6.82. The van der Waals surface area contributed by atoms with Crippen molar-refractivity contribution < 1.29 is 33.7 Å². The van der Waals surface area contributed by atoms with Crippen molar-refractivity contribution in [1.29, 1.82) is 0 Å². The van der Waals surface area contributed by atoms with Gasteiger partial charge in [-0.1, -0.05) is 12.1 Å². The second-order valence-corrected chi connectivity index (χ2v) is 10.5. The van der Waals surface area contributed by atoms with E-state index in [1.807, 2.05) is 0 Å².